The number of nitrogens with zero attached hydrogens (tertiary/aromatic N) is 2. The Morgan fingerprint density at radius 3 is 1.71 bits per heavy atom. The minimum absolute atomic E-state index is 0.125. The van der Waals surface area contributed by atoms with Gasteiger partial charge in [-0.1, -0.05) is 190 Å². The van der Waals surface area contributed by atoms with Crippen molar-refractivity contribution in [3.05, 3.63) is 242 Å². The number of fused-ring (bicyclic) bond motifs is 13. The zero-order valence-corrected chi connectivity index (χ0v) is 36.3. The highest BCUT2D eigenvalue weighted by molar-refractivity contribution is 6.38. The van der Waals surface area contributed by atoms with Crippen molar-refractivity contribution in [1.29, 1.82) is 0 Å². The Morgan fingerprint density at radius 2 is 0.923 bits per heavy atom. The molecule has 306 valence electrons. The number of hydrogen-bond acceptors (Lipinski definition) is 1. The summed E-state index contributed by atoms with van der Waals surface area (Å²) >= 11 is 0. The second-order valence-electron chi connectivity index (χ2n) is 18.0. The van der Waals surface area contributed by atoms with Gasteiger partial charge in [0.1, 0.15) is 0 Å². The molecule has 0 amide bonds. The summed E-state index contributed by atoms with van der Waals surface area (Å²) in [6.45, 7) is 4.73. The quantitative estimate of drug-likeness (QED) is 0.152. The predicted molar refractivity (Wildman–Crippen MR) is 276 cm³/mol. The van der Waals surface area contributed by atoms with E-state index in [0.717, 1.165) is 17.1 Å². The molecule has 0 radical (unpaired) electrons. The number of benzene rings is 11. The van der Waals surface area contributed by atoms with Crippen molar-refractivity contribution in [1.82, 2.24) is 4.57 Å². The summed E-state index contributed by atoms with van der Waals surface area (Å²) in [5, 5.41) is 10.1. The molecular formula is C63H44N2. The first-order chi connectivity index (χ1) is 32.0. The van der Waals surface area contributed by atoms with Gasteiger partial charge in [-0.2, -0.15) is 0 Å². The van der Waals surface area contributed by atoms with Gasteiger partial charge in [-0.25, -0.2) is 0 Å². The summed E-state index contributed by atoms with van der Waals surface area (Å²) in [6.07, 6.45) is 0. The molecule has 65 heavy (non-hydrogen) atoms. The van der Waals surface area contributed by atoms with Crippen LogP contribution < -0.4 is 4.90 Å². The molecule has 0 bridgehead atoms. The highest BCUT2D eigenvalue weighted by Gasteiger charge is 2.36. The van der Waals surface area contributed by atoms with Gasteiger partial charge in [0.05, 0.1) is 16.7 Å². The molecule has 0 atom stereocenters. The monoisotopic (exact) mass is 828 g/mol. The van der Waals surface area contributed by atoms with Gasteiger partial charge in [0, 0.05) is 49.6 Å². The van der Waals surface area contributed by atoms with E-state index in [-0.39, 0.29) is 5.41 Å². The zero-order valence-electron chi connectivity index (χ0n) is 36.3. The van der Waals surface area contributed by atoms with E-state index in [4.69, 9.17) is 0 Å². The summed E-state index contributed by atoms with van der Waals surface area (Å²) in [7, 11) is 0. The van der Waals surface area contributed by atoms with E-state index in [1.54, 1.807) is 0 Å². The lowest BCUT2D eigenvalue weighted by molar-refractivity contribution is 0.660. The normalized spacial score (nSPS) is 12.9. The number of aromatic nitrogens is 1. The molecule has 1 aliphatic rings. The van der Waals surface area contributed by atoms with E-state index in [2.05, 4.69) is 254 Å². The smallest absolute Gasteiger partial charge is 0.0626 e. The van der Waals surface area contributed by atoms with E-state index in [9.17, 15) is 0 Å². The third-order valence-electron chi connectivity index (χ3n) is 14.1. The van der Waals surface area contributed by atoms with Crippen LogP contribution in [0.25, 0.3) is 93.2 Å². The SMILES string of the molecule is CC1(C)c2ccccc2-c2ccc(N(c3ccc(-c4cc5c6ccccc6c6c(c7ccccc7n6-c6ccccc6)c5c5ccccc45)cc3)c3ccccc3-c3ccccc3)cc21. The predicted octanol–water partition coefficient (Wildman–Crippen LogP) is 17.4. The lowest BCUT2D eigenvalue weighted by Gasteiger charge is -2.30. The fraction of sp³-hybridized carbons (Fsp3) is 0.0476. The molecule has 13 rings (SSSR count). The molecule has 0 N–H and O–H groups in total. The average molecular weight is 829 g/mol. The molecule has 0 saturated heterocycles. The molecule has 1 aromatic heterocycles. The lowest BCUT2D eigenvalue weighted by Crippen LogP contribution is -2.16. The maximum Gasteiger partial charge on any atom is 0.0626 e. The van der Waals surface area contributed by atoms with E-state index in [1.807, 2.05) is 0 Å². The van der Waals surface area contributed by atoms with Gasteiger partial charge in [-0.15, -0.1) is 0 Å². The van der Waals surface area contributed by atoms with E-state index in [0.29, 0.717) is 0 Å². The van der Waals surface area contributed by atoms with Gasteiger partial charge in [-0.3, -0.25) is 0 Å². The van der Waals surface area contributed by atoms with Crippen molar-refractivity contribution in [3.8, 4) is 39.1 Å². The minimum Gasteiger partial charge on any atom is -0.310 e. The van der Waals surface area contributed by atoms with Crippen LogP contribution in [0.5, 0.6) is 0 Å². The van der Waals surface area contributed by atoms with E-state index >= 15 is 0 Å². The fourth-order valence-corrected chi connectivity index (χ4v) is 11.2. The van der Waals surface area contributed by atoms with Crippen molar-refractivity contribution < 1.29 is 0 Å². The molecule has 0 spiro atoms. The maximum absolute atomic E-state index is 2.47. The Morgan fingerprint density at radius 1 is 0.354 bits per heavy atom. The summed E-state index contributed by atoms with van der Waals surface area (Å²) in [4.78, 5) is 2.46. The van der Waals surface area contributed by atoms with Crippen LogP contribution in [0.15, 0.2) is 231 Å². The Hall–Kier alpha value is -8.20. The first kappa shape index (κ1) is 37.4. The summed E-state index contributed by atoms with van der Waals surface area (Å²) in [5.41, 5.74) is 17.1. The molecule has 2 heteroatoms. The first-order valence-electron chi connectivity index (χ1n) is 22.7. The van der Waals surface area contributed by atoms with Gasteiger partial charge in [0.15, 0.2) is 0 Å². The highest BCUT2D eigenvalue weighted by atomic mass is 15.1. The Bertz CT molecular complexity index is 3840. The highest BCUT2D eigenvalue weighted by Crippen LogP contribution is 2.52. The van der Waals surface area contributed by atoms with Crippen molar-refractivity contribution in [3.63, 3.8) is 0 Å². The molecular weight excluding hydrogens is 785 g/mol. The second-order valence-corrected chi connectivity index (χ2v) is 18.0. The van der Waals surface area contributed by atoms with Crippen LogP contribution >= 0.6 is 0 Å². The molecule has 0 fully saturated rings. The van der Waals surface area contributed by atoms with Crippen molar-refractivity contribution in [2.24, 2.45) is 0 Å². The molecule has 0 saturated carbocycles. The number of para-hydroxylation sites is 3. The van der Waals surface area contributed by atoms with Gasteiger partial charge in [-0.05, 0) is 115 Å². The van der Waals surface area contributed by atoms with Gasteiger partial charge in [0.2, 0.25) is 0 Å². The number of hydrogen-bond donors (Lipinski definition) is 0. The van der Waals surface area contributed by atoms with Crippen molar-refractivity contribution in [2.45, 2.75) is 19.3 Å². The molecule has 1 aliphatic carbocycles. The molecule has 2 nitrogen and oxygen atoms in total. The van der Waals surface area contributed by atoms with E-state index in [1.165, 1.54) is 104 Å². The van der Waals surface area contributed by atoms with Gasteiger partial charge in [0.25, 0.3) is 0 Å². The summed E-state index contributed by atoms with van der Waals surface area (Å²) < 4.78 is 2.47. The van der Waals surface area contributed by atoms with Gasteiger partial charge < -0.3 is 9.47 Å². The van der Waals surface area contributed by atoms with Crippen LogP contribution in [0, 0.1) is 0 Å². The lowest BCUT2D eigenvalue weighted by atomic mass is 9.82. The van der Waals surface area contributed by atoms with E-state index < -0.39 is 0 Å². The number of anilines is 3. The second kappa shape index (κ2) is 14.4. The number of rotatable bonds is 6. The van der Waals surface area contributed by atoms with Crippen LogP contribution in [0.2, 0.25) is 0 Å². The third kappa shape index (κ3) is 5.60. The largest absolute Gasteiger partial charge is 0.310 e. The molecule has 0 aliphatic heterocycles. The molecule has 11 aromatic carbocycles. The van der Waals surface area contributed by atoms with Crippen LogP contribution in [0.1, 0.15) is 25.0 Å². The Kier molecular flexibility index (Phi) is 8.29. The maximum atomic E-state index is 2.47. The zero-order chi connectivity index (χ0) is 43.2. The van der Waals surface area contributed by atoms with Crippen LogP contribution in [0.4, 0.5) is 17.1 Å². The Balaban J connectivity index is 1.03. The minimum atomic E-state index is -0.125. The van der Waals surface area contributed by atoms with Crippen LogP contribution in [-0.2, 0) is 5.41 Å². The summed E-state index contributed by atoms with van der Waals surface area (Å²) in [6, 6.07) is 85.1. The summed E-state index contributed by atoms with van der Waals surface area (Å²) in [5.74, 6) is 0. The first-order valence-corrected chi connectivity index (χ1v) is 22.7. The van der Waals surface area contributed by atoms with Crippen molar-refractivity contribution in [2.75, 3.05) is 4.90 Å². The average Bonchev–Trinajstić information content (AvgIpc) is 3.83. The third-order valence-corrected chi connectivity index (χ3v) is 14.1. The Labute approximate surface area is 378 Å². The standard InChI is InChI=1S/C63H44N2/c1-63(2)56-30-16-13-26-49(56)50-38-37-45(39-57(50)63)64(58-31-17-14-23-46(58)41-19-5-3-6-20-41)44-35-33-42(34-36-44)54-40-55-48-25-10-12-28-52(48)62-61(60(55)51-27-11-9-24-47(51)54)53-29-15-18-32-59(53)65(62)43-21-7-4-8-22-43/h3-40H,1-2H3. The van der Waals surface area contributed by atoms with Crippen LogP contribution in [0.3, 0.4) is 0 Å². The van der Waals surface area contributed by atoms with Gasteiger partial charge >= 0.3 is 0 Å². The molecule has 0 unspecified atom stereocenters. The fourth-order valence-electron chi connectivity index (χ4n) is 11.2. The van der Waals surface area contributed by atoms with Crippen LogP contribution in [-0.4, -0.2) is 4.57 Å². The topological polar surface area (TPSA) is 8.17 Å². The molecule has 12 aromatic rings. The van der Waals surface area contributed by atoms with Crippen molar-refractivity contribution >= 4 is 71.2 Å². The molecule has 1 heterocycles.